The van der Waals surface area contributed by atoms with E-state index in [4.69, 9.17) is 4.74 Å². The van der Waals surface area contributed by atoms with Gasteiger partial charge in [-0.15, -0.1) is 0 Å². The zero-order valence-corrected chi connectivity index (χ0v) is 15.2. The van der Waals surface area contributed by atoms with E-state index in [1.54, 1.807) is 24.3 Å². The normalized spacial score (nSPS) is 20.8. The zero-order chi connectivity index (χ0) is 18.7. The molecule has 0 amide bonds. The maximum absolute atomic E-state index is 12.9. The highest BCUT2D eigenvalue weighted by atomic mass is 32.2. The lowest BCUT2D eigenvalue weighted by molar-refractivity contribution is -0.151. The van der Waals surface area contributed by atoms with Gasteiger partial charge in [-0.25, -0.2) is 8.42 Å². The first-order valence-corrected chi connectivity index (χ1v) is 9.81. The lowest BCUT2D eigenvalue weighted by Gasteiger charge is -2.24. The largest absolute Gasteiger partial charge is 0.460 e. The Morgan fingerprint density at radius 2 is 1.81 bits per heavy atom. The summed E-state index contributed by atoms with van der Waals surface area (Å²) in [6.45, 7) is 1.96. The topological polar surface area (TPSA) is 83.9 Å². The number of aliphatic hydroxyl groups is 1. The van der Waals surface area contributed by atoms with E-state index in [2.05, 4.69) is 0 Å². The highest BCUT2D eigenvalue weighted by Crippen LogP contribution is 2.27. The van der Waals surface area contributed by atoms with Gasteiger partial charge in [0, 0.05) is 6.54 Å². The molecule has 0 aromatic heterocycles. The van der Waals surface area contributed by atoms with Crippen molar-refractivity contribution in [1.82, 2.24) is 4.31 Å². The van der Waals surface area contributed by atoms with E-state index < -0.39 is 28.1 Å². The number of sulfonamides is 1. The summed E-state index contributed by atoms with van der Waals surface area (Å²) in [5, 5.41) is 10.2. The fourth-order valence-electron chi connectivity index (χ4n) is 2.95. The van der Waals surface area contributed by atoms with Crippen molar-refractivity contribution >= 4 is 16.0 Å². The van der Waals surface area contributed by atoms with E-state index in [-0.39, 0.29) is 24.5 Å². The van der Waals surface area contributed by atoms with Crippen LogP contribution in [0.1, 0.15) is 17.5 Å². The van der Waals surface area contributed by atoms with Gasteiger partial charge in [-0.3, -0.25) is 4.79 Å². The molecule has 1 saturated heterocycles. The van der Waals surface area contributed by atoms with E-state index in [1.807, 2.05) is 25.1 Å². The lowest BCUT2D eigenvalue weighted by Crippen LogP contribution is -2.45. The van der Waals surface area contributed by atoms with Crippen molar-refractivity contribution < 1.29 is 23.1 Å². The molecule has 0 aliphatic carbocycles. The molecular weight excluding hydrogens is 354 g/mol. The molecule has 2 atom stereocenters. The quantitative estimate of drug-likeness (QED) is 0.807. The van der Waals surface area contributed by atoms with Gasteiger partial charge in [0.05, 0.1) is 11.0 Å². The van der Waals surface area contributed by atoms with Crippen LogP contribution in [-0.4, -0.2) is 42.5 Å². The Balaban J connectivity index is 1.78. The smallest absolute Gasteiger partial charge is 0.327 e. The summed E-state index contributed by atoms with van der Waals surface area (Å²) in [7, 11) is -3.89. The highest BCUT2D eigenvalue weighted by molar-refractivity contribution is 7.89. The van der Waals surface area contributed by atoms with Crippen LogP contribution in [0.2, 0.25) is 0 Å². The van der Waals surface area contributed by atoms with Gasteiger partial charge in [0.15, 0.2) is 0 Å². The second kappa shape index (κ2) is 7.57. The van der Waals surface area contributed by atoms with Gasteiger partial charge < -0.3 is 9.84 Å². The minimum atomic E-state index is -3.89. The molecule has 1 N–H and O–H groups in total. The maximum Gasteiger partial charge on any atom is 0.327 e. The molecule has 138 valence electrons. The van der Waals surface area contributed by atoms with Gasteiger partial charge in [-0.05, 0) is 31.0 Å². The Bertz CT molecular complexity index is 865. The second-order valence-corrected chi connectivity index (χ2v) is 8.21. The standard InChI is InChI=1S/C19H21NO5S/c1-14-7-9-16(10-8-14)26(23,24)20-12-11-17(21)18(20)19(22)25-13-15-5-3-2-4-6-15/h2-10,17-18,21H,11-13H2,1H3. The molecule has 1 aliphatic heterocycles. The average molecular weight is 375 g/mol. The van der Waals surface area contributed by atoms with E-state index in [1.165, 1.54) is 12.1 Å². The maximum atomic E-state index is 12.9. The molecule has 1 fully saturated rings. The number of esters is 1. The molecule has 26 heavy (non-hydrogen) atoms. The third-order valence-electron chi connectivity index (χ3n) is 4.41. The third kappa shape index (κ3) is 3.80. The number of hydrogen-bond donors (Lipinski definition) is 1. The highest BCUT2D eigenvalue weighted by Gasteiger charge is 2.46. The van der Waals surface area contributed by atoms with Crippen LogP contribution in [0.4, 0.5) is 0 Å². The van der Waals surface area contributed by atoms with Gasteiger partial charge in [0.1, 0.15) is 12.6 Å². The molecule has 0 bridgehead atoms. The monoisotopic (exact) mass is 375 g/mol. The van der Waals surface area contributed by atoms with E-state index in [9.17, 15) is 18.3 Å². The third-order valence-corrected chi connectivity index (χ3v) is 6.31. The fraction of sp³-hybridized carbons (Fsp3) is 0.316. The summed E-state index contributed by atoms with van der Waals surface area (Å²) in [4.78, 5) is 12.6. The van der Waals surface area contributed by atoms with Crippen molar-refractivity contribution in [1.29, 1.82) is 0 Å². The zero-order valence-electron chi connectivity index (χ0n) is 14.4. The second-order valence-electron chi connectivity index (χ2n) is 6.32. The van der Waals surface area contributed by atoms with Crippen molar-refractivity contribution in [2.24, 2.45) is 0 Å². The molecule has 2 aromatic carbocycles. The molecule has 0 radical (unpaired) electrons. The predicted octanol–water partition coefficient (Wildman–Crippen LogP) is 1.86. The predicted molar refractivity (Wildman–Crippen MR) is 95.7 cm³/mol. The minimum absolute atomic E-state index is 0.0291. The van der Waals surface area contributed by atoms with Crippen LogP contribution in [0.3, 0.4) is 0 Å². The number of carbonyl (C=O) groups is 1. The van der Waals surface area contributed by atoms with Crippen LogP contribution in [0, 0.1) is 6.92 Å². The van der Waals surface area contributed by atoms with Crippen LogP contribution >= 0.6 is 0 Å². The van der Waals surface area contributed by atoms with Crippen LogP contribution in [0.15, 0.2) is 59.5 Å². The Hall–Kier alpha value is -2.22. The molecular formula is C19H21NO5S. The number of aliphatic hydroxyl groups excluding tert-OH is 1. The average Bonchev–Trinajstić information content (AvgIpc) is 3.03. The molecule has 2 aromatic rings. The van der Waals surface area contributed by atoms with E-state index in [0.29, 0.717) is 0 Å². The number of aryl methyl sites for hydroxylation is 1. The minimum Gasteiger partial charge on any atom is -0.460 e. The van der Waals surface area contributed by atoms with Crippen LogP contribution < -0.4 is 0 Å². The molecule has 3 rings (SSSR count). The summed E-state index contributed by atoms with van der Waals surface area (Å²) in [6, 6.07) is 14.3. The van der Waals surface area contributed by atoms with Crippen LogP contribution in [0.5, 0.6) is 0 Å². The number of rotatable bonds is 5. The molecule has 6 nitrogen and oxygen atoms in total. The first-order chi connectivity index (χ1) is 12.4. The number of hydrogen-bond acceptors (Lipinski definition) is 5. The van der Waals surface area contributed by atoms with Crippen molar-refractivity contribution in [3.63, 3.8) is 0 Å². The lowest BCUT2D eigenvalue weighted by atomic mass is 10.2. The molecule has 1 heterocycles. The van der Waals surface area contributed by atoms with Crippen LogP contribution in [0.25, 0.3) is 0 Å². The van der Waals surface area contributed by atoms with Gasteiger partial charge in [0.25, 0.3) is 0 Å². The number of nitrogens with zero attached hydrogens (tertiary/aromatic N) is 1. The summed E-state index contributed by atoms with van der Waals surface area (Å²) in [5.41, 5.74) is 1.73. The molecule has 7 heteroatoms. The summed E-state index contributed by atoms with van der Waals surface area (Å²) in [6.07, 6.45) is -0.894. The van der Waals surface area contributed by atoms with Crippen molar-refractivity contribution in [3.8, 4) is 0 Å². The Kier molecular flexibility index (Phi) is 5.41. The van der Waals surface area contributed by atoms with Crippen LogP contribution in [-0.2, 0) is 26.2 Å². The Morgan fingerprint density at radius 3 is 2.46 bits per heavy atom. The molecule has 0 saturated carbocycles. The first-order valence-electron chi connectivity index (χ1n) is 8.37. The van der Waals surface area contributed by atoms with Crippen molar-refractivity contribution in [2.45, 2.75) is 37.0 Å². The first kappa shape index (κ1) is 18.6. The SMILES string of the molecule is Cc1ccc(S(=O)(=O)N2CCC(O)C2C(=O)OCc2ccccc2)cc1. The Morgan fingerprint density at radius 1 is 1.15 bits per heavy atom. The summed E-state index contributed by atoms with van der Waals surface area (Å²) >= 11 is 0. The summed E-state index contributed by atoms with van der Waals surface area (Å²) in [5.74, 6) is -0.741. The molecule has 1 aliphatic rings. The van der Waals surface area contributed by atoms with Gasteiger partial charge >= 0.3 is 5.97 Å². The van der Waals surface area contributed by atoms with Gasteiger partial charge in [-0.2, -0.15) is 4.31 Å². The number of benzene rings is 2. The number of ether oxygens (including phenoxy) is 1. The molecule has 2 unspecified atom stereocenters. The van der Waals surface area contributed by atoms with Gasteiger partial charge in [0.2, 0.25) is 10.0 Å². The van der Waals surface area contributed by atoms with E-state index >= 15 is 0 Å². The van der Waals surface area contributed by atoms with Crippen molar-refractivity contribution in [2.75, 3.05) is 6.54 Å². The fourth-order valence-corrected chi connectivity index (χ4v) is 4.57. The number of carbonyl (C=O) groups excluding carboxylic acids is 1. The molecule has 0 spiro atoms. The Labute approximate surface area is 153 Å². The summed E-state index contributed by atoms with van der Waals surface area (Å²) < 4.78 is 32.1. The van der Waals surface area contributed by atoms with Gasteiger partial charge in [-0.1, -0.05) is 48.0 Å². The van der Waals surface area contributed by atoms with Crippen molar-refractivity contribution in [3.05, 3.63) is 65.7 Å². The van der Waals surface area contributed by atoms with E-state index in [0.717, 1.165) is 15.4 Å².